The van der Waals surface area contributed by atoms with E-state index in [0.29, 0.717) is 11.7 Å². The van der Waals surface area contributed by atoms with Gasteiger partial charge in [0.2, 0.25) is 0 Å². The number of methoxy groups -OCH3 is 1. The van der Waals surface area contributed by atoms with Gasteiger partial charge < -0.3 is 24.8 Å². The summed E-state index contributed by atoms with van der Waals surface area (Å²) in [6, 6.07) is 20.9. The van der Waals surface area contributed by atoms with E-state index >= 15 is 0 Å². The standard InChI is InChI=1S/C34H44N2O3/c1-36(2)34(18-4-5-19-34)24-39-30-14-8-25(9-15-30)7-6-20-35-33-23-31(38-3)16-17-32(33)28-11-10-27-22-29(37)13-12-26(27)21-28/h8-9,12-17,22-23,28,35,37H,4-7,10-11,18-21,24H2,1-3H3/t28-/m1/s1. The van der Waals surface area contributed by atoms with Crippen molar-refractivity contribution >= 4 is 5.69 Å². The maximum Gasteiger partial charge on any atom is 0.120 e. The summed E-state index contributed by atoms with van der Waals surface area (Å²) in [4.78, 5) is 2.36. The van der Waals surface area contributed by atoms with Gasteiger partial charge in [-0.1, -0.05) is 37.1 Å². The van der Waals surface area contributed by atoms with Gasteiger partial charge in [0.05, 0.1) is 12.6 Å². The van der Waals surface area contributed by atoms with Crippen molar-refractivity contribution < 1.29 is 14.6 Å². The van der Waals surface area contributed by atoms with Crippen LogP contribution in [0.2, 0.25) is 0 Å². The minimum absolute atomic E-state index is 0.188. The molecule has 2 aliphatic carbocycles. The van der Waals surface area contributed by atoms with Crippen LogP contribution in [0.25, 0.3) is 0 Å². The lowest BCUT2D eigenvalue weighted by Crippen LogP contribution is -2.46. The third kappa shape index (κ3) is 6.52. The largest absolute Gasteiger partial charge is 0.508 e. The lowest BCUT2D eigenvalue weighted by molar-refractivity contribution is 0.0865. The van der Waals surface area contributed by atoms with Crippen LogP contribution in [-0.4, -0.2) is 49.9 Å². The molecule has 39 heavy (non-hydrogen) atoms. The van der Waals surface area contributed by atoms with Crippen LogP contribution in [0.15, 0.2) is 60.7 Å². The maximum atomic E-state index is 9.85. The van der Waals surface area contributed by atoms with Crippen LogP contribution >= 0.6 is 0 Å². The first kappa shape index (κ1) is 27.4. The monoisotopic (exact) mass is 528 g/mol. The molecule has 5 nitrogen and oxygen atoms in total. The number of likely N-dealkylation sites (N-methyl/N-ethyl adjacent to an activating group) is 1. The minimum atomic E-state index is 0.188. The number of rotatable bonds is 11. The topological polar surface area (TPSA) is 54.0 Å². The highest BCUT2D eigenvalue weighted by molar-refractivity contribution is 5.57. The zero-order valence-corrected chi connectivity index (χ0v) is 23.8. The molecule has 0 saturated heterocycles. The molecule has 0 radical (unpaired) electrons. The van der Waals surface area contributed by atoms with Gasteiger partial charge in [-0.3, -0.25) is 0 Å². The van der Waals surface area contributed by atoms with Crippen molar-refractivity contribution in [2.45, 2.75) is 69.2 Å². The Bertz CT molecular complexity index is 1230. The maximum absolute atomic E-state index is 9.85. The van der Waals surface area contributed by atoms with Gasteiger partial charge in [0.25, 0.3) is 0 Å². The number of ether oxygens (including phenoxy) is 2. The summed E-state index contributed by atoms with van der Waals surface area (Å²) in [6.07, 6.45) is 10.2. The Hall–Kier alpha value is -3.18. The second-order valence-corrected chi connectivity index (χ2v) is 11.6. The Kier molecular flexibility index (Phi) is 8.66. The summed E-state index contributed by atoms with van der Waals surface area (Å²) in [5.74, 6) is 2.67. The SMILES string of the molecule is COc1ccc([C@@H]2CCc3cc(O)ccc3C2)c(NCCCc2ccc(OCC3(N(C)C)CCCC3)cc2)c1. The molecule has 0 unspecified atom stereocenters. The number of nitrogens with zero attached hydrogens (tertiary/aromatic N) is 1. The predicted octanol–water partition coefficient (Wildman–Crippen LogP) is 6.97. The Morgan fingerprint density at radius 2 is 1.72 bits per heavy atom. The molecule has 0 amide bonds. The molecule has 1 saturated carbocycles. The van der Waals surface area contributed by atoms with Gasteiger partial charge in [0.15, 0.2) is 0 Å². The summed E-state index contributed by atoms with van der Waals surface area (Å²) >= 11 is 0. The van der Waals surface area contributed by atoms with Crippen molar-refractivity contribution in [2.24, 2.45) is 0 Å². The van der Waals surface area contributed by atoms with Crippen LogP contribution in [0.1, 0.15) is 66.7 Å². The Morgan fingerprint density at radius 1 is 0.949 bits per heavy atom. The van der Waals surface area contributed by atoms with Gasteiger partial charge >= 0.3 is 0 Å². The van der Waals surface area contributed by atoms with Crippen molar-refractivity contribution in [3.63, 3.8) is 0 Å². The molecule has 0 bridgehead atoms. The molecular formula is C34H44N2O3. The number of benzene rings is 3. The number of hydrogen-bond acceptors (Lipinski definition) is 5. The number of aromatic hydroxyl groups is 1. The summed E-state index contributed by atoms with van der Waals surface area (Å²) in [7, 11) is 6.09. The first-order valence-electron chi connectivity index (χ1n) is 14.6. The van der Waals surface area contributed by atoms with E-state index in [2.05, 4.69) is 72.8 Å². The van der Waals surface area contributed by atoms with Gasteiger partial charge in [0, 0.05) is 18.3 Å². The smallest absolute Gasteiger partial charge is 0.120 e. The van der Waals surface area contributed by atoms with Crippen molar-refractivity contribution in [3.8, 4) is 17.2 Å². The van der Waals surface area contributed by atoms with Crippen molar-refractivity contribution in [1.82, 2.24) is 4.90 Å². The fraction of sp³-hybridized carbons (Fsp3) is 0.471. The van der Waals surface area contributed by atoms with E-state index in [0.717, 1.165) is 56.8 Å². The molecule has 0 aliphatic heterocycles. The van der Waals surface area contributed by atoms with Crippen LogP contribution in [0.3, 0.4) is 0 Å². The van der Waals surface area contributed by atoms with E-state index in [-0.39, 0.29) is 5.54 Å². The molecule has 5 rings (SSSR count). The minimum Gasteiger partial charge on any atom is -0.508 e. The van der Waals surface area contributed by atoms with Crippen LogP contribution in [-0.2, 0) is 19.3 Å². The Morgan fingerprint density at radius 3 is 2.46 bits per heavy atom. The van der Waals surface area contributed by atoms with E-state index in [4.69, 9.17) is 9.47 Å². The lowest BCUT2D eigenvalue weighted by atomic mass is 9.79. The molecule has 0 aromatic heterocycles. The second kappa shape index (κ2) is 12.3. The fourth-order valence-corrected chi connectivity index (χ4v) is 6.42. The molecular weight excluding hydrogens is 484 g/mol. The fourth-order valence-electron chi connectivity index (χ4n) is 6.42. The first-order chi connectivity index (χ1) is 19.0. The van der Waals surface area contributed by atoms with Gasteiger partial charge in [-0.2, -0.15) is 0 Å². The number of anilines is 1. The summed E-state index contributed by atoms with van der Waals surface area (Å²) < 4.78 is 11.8. The number of phenols is 1. The molecule has 3 aromatic rings. The average molecular weight is 529 g/mol. The van der Waals surface area contributed by atoms with Gasteiger partial charge in [-0.05, 0) is 118 Å². The first-order valence-corrected chi connectivity index (χ1v) is 14.6. The molecule has 3 aromatic carbocycles. The van der Waals surface area contributed by atoms with E-state index in [1.165, 1.54) is 53.6 Å². The molecule has 2 aliphatic rings. The van der Waals surface area contributed by atoms with E-state index in [1.54, 1.807) is 7.11 Å². The van der Waals surface area contributed by atoms with Crippen molar-refractivity contribution in [3.05, 3.63) is 82.9 Å². The quantitative estimate of drug-likeness (QED) is 0.263. The molecule has 0 spiro atoms. The van der Waals surface area contributed by atoms with Crippen LogP contribution in [0.4, 0.5) is 5.69 Å². The molecule has 0 heterocycles. The summed E-state index contributed by atoms with van der Waals surface area (Å²) in [6.45, 7) is 1.67. The summed E-state index contributed by atoms with van der Waals surface area (Å²) in [5, 5.41) is 13.6. The van der Waals surface area contributed by atoms with Crippen LogP contribution in [0, 0.1) is 0 Å². The molecule has 1 atom stereocenters. The van der Waals surface area contributed by atoms with Crippen LogP contribution in [0.5, 0.6) is 17.2 Å². The van der Waals surface area contributed by atoms with Crippen LogP contribution < -0.4 is 14.8 Å². The third-order valence-corrected chi connectivity index (χ3v) is 8.99. The van der Waals surface area contributed by atoms with Gasteiger partial charge in [0.1, 0.15) is 23.9 Å². The van der Waals surface area contributed by atoms with Crippen molar-refractivity contribution in [2.75, 3.05) is 39.7 Å². The van der Waals surface area contributed by atoms with E-state index < -0.39 is 0 Å². The van der Waals surface area contributed by atoms with Crippen molar-refractivity contribution in [1.29, 1.82) is 0 Å². The average Bonchev–Trinajstić information content (AvgIpc) is 3.45. The normalized spacial score (nSPS) is 18.1. The van der Waals surface area contributed by atoms with E-state index in [9.17, 15) is 5.11 Å². The van der Waals surface area contributed by atoms with E-state index in [1.807, 2.05) is 12.1 Å². The molecule has 5 heteroatoms. The number of phenolic OH excluding ortho intramolecular Hbond substituents is 1. The Balaban J connectivity index is 1.15. The number of hydrogen-bond donors (Lipinski definition) is 2. The van der Waals surface area contributed by atoms with Gasteiger partial charge in [-0.25, -0.2) is 0 Å². The molecule has 1 fully saturated rings. The Labute approximate surface area is 234 Å². The predicted molar refractivity (Wildman–Crippen MR) is 160 cm³/mol. The highest BCUT2D eigenvalue weighted by Crippen LogP contribution is 2.38. The summed E-state index contributed by atoms with van der Waals surface area (Å²) in [5.41, 5.74) is 6.68. The zero-order valence-electron chi connectivity index (χ0n) is 23.8. The third-order valence-electron chi connectivity index (χ3n) is 8.99. The van der Waals surface area contributed by atoms with Gasteiger partial charge in [-0.15, -0.1) is 0 Å². The highest BCUT2D eigenvalue weighted by atomic mass is 16.5. The molecule has 208 valence electrons. The number of nitrogens with one attached hydrogen (secondary N) is 1. The number of fused-ring (bicyclic) bond motifs is 1. The number of aryl methyl sites for hydroxylation is 2. The molecule has 2 N–H and O–H groups in total. The second-order valence-electron chi connectivity index (χ2n) is 11.6. The zero-order chi connectivity index (χ0) is 27.2. The lowest BCUT2D eigenvalue weighted by Gasteiger charge is -2.36. The highest BCUT2D eigenvalue weighted by Gasteiger charge is 2.36.